The normalized spacial score (nSPS) is 16.7. The second-order valence-electron chi connectivity index (χ2n) is 9.87. The lowest BCUT2D eigenvalue weighted by atomic mass is 9.95. The van der Waals surface area contributed by atoms with Crippen LogP contribution in [0.4, 0.5) is 0 Å². The number of carbonyl (C=O) groups excluding carboxylic acids is 2. The van der Waals surface area contributed by atoms with E-state index < -0.39 is 17.7 Å². The van der Waals surface area contributed by atoms with Gasteiger partial charge < -0.3 is 24.4 Å². The molecule has 7 nitrogen and oxygen atoms in total. The van der Waals surface area contributed by atoms with E-state index in [-0.39, 0.29) is 11.3 Å². The van der Waals surface area contributed by atoms with E-state index in [2.05, 4.69) is 32.6 Å². The number of nitrogens with zero attached hydrogens (tertiary/aromatic N) is 2. The van der Waals surface area contributed by atoms with Crippen LogP contribution in [0.25, 0.3) is 5.76 Å². The van der Waals surface area contributed by atoms with Gasteiger partial charge >= 0.3 is 0 Å². The summed E-state index contributed by atoms with van der Waals surface area (Å²) in [6.07, 6.45) is 5.17. The topological polar surface area (TPSA) is 79.3 Å². The van der Waals surface area contributed by atoms with E-state index in [4.69, 9.17) is 9.47 Å². The summed E-state index contributed by atoms with van der Waals surface area (Å²) in [4.78, 5) is 30.5. The minimum absolute atomic E-state index is 0.0990. The Kier molecular flexibility index (Phi) is 11.9. The molecular formula is C32H44N2O5. The molecule has 1 aliphatic heterocycles. The Balaban J connectivity index is 1.97. The molecule has 2 aromatic carbocycles. The number of ketones is 1. The first-order valence-electron chi connectivity index (χ1n) is 14.4. The van der Waals surface area contributed by atoms with Gasteiger partial charge in [0.25, 0.3) is 11.7 Å². The van der Waals surface area contributed by atoms with Gasteiger partial charge in [-0.1, -0.05) is 71.2 Å². The quantitative estimate of drug-likeness (QED) is 0.119. The monoisotopic (exact) mass is 536 g/mol. The Morgan fingerprint density at radius 2 is 1.54 bits per heavy atom. The molecule has 1 N–H and O–H groups in total. The van der Waals surface area contributed by atoms with Crippen LogP contribution < -0.4 is 9.47 Å². The van der Waals surface area contributed by atoms with Gasteiger partial charge in [0.05, 0.1) is 24.8 Å². The first kappa shape index (κ1) is 30.2. The summed E-state index contributed by atoms with van der Waals surface area (Å²) >= 11 is 0. The van der Waals surface area contributed by atoms with Gasteiger partial charge in [0.1, 0.15) is 17.3 Å². The van der Waals surface area contributed by atoms with Gasteiger partial charge in [-0.25, -0.2) is 0 Å². The number of Topliss-reactive ketones (excluding diaryl/α,β-unsaturated/α-hetero) is 1. The molecule has 1 amide bonds. The Labute approximate surface area is 233 Å². The van der Waals surface area contributed by atoms with Crippen LogP contribution in [0, 0.1) is 0 Å². The van der Waals surface area contributed by atoms with E-state index in [0.29, 0.717) is 37.6 Å². The maximum absolute atomic E-state index is 13.4. The number of aliphatic hydroxyl groups is 1. The molecule has 1 unspecified atom stereocenters. The van der Waals surface area contributed by atoms with Crippen molar-refractivity contribution < 1.29 is 24.2 Å². The molecule has 1 saturated heterocycles. The summed E-state index contributed by atoms with van der Waals surface area (Å²) in [5.41, 5.74) is 1.31. The second-order valence-corrected chi connectivity index (χ2v) is 9.87. The third-order valence-electron chi connectivity index (χ3n) is 7.18. The fraction of sp³-hybridized carbons (Fsp3) is 0.500. The highest BCUT2D eigenvalue weighted by Gasteiger charge is 2.46. The number of hydrogen-bond donors (Lipinski definition) is 1. The van der Waals surface area contributed by atoms with Crippen molar-refractivity contribution in [3.05, 3.63) is 65.2 Å². The predicted octanol–water partition coefficient (Wildman–Crippen LogP) is 6.20. The van der Waals surface area contributed by atoms with Gasteiger partial charge in [0.15, 0.2) is 0 Å². The predicted molar refractivity (Wildman–Crippen MR) is 155 cm³/mol. The summed E-state index contributed by atoms with van der Waals surface area (Å²) in [7, 11) is 0. The highest BCUT2D eigenvalue weighted by atomic mass is 16.5. The van der Waals surface area contributed by atoms with Crippen molar-refractivity contribution in [2.75, 3.05) is 39.4 Å². The van der Waals surface area contributed by atoms with Crippen molar-refractivity contribution in [2.45, 2.75) is 65.8 Å². The fourth-order valence-corrected chi connectivity index (χ4v) is 4.76. The first-order chi connectivity index (χ1) is 18.9. The van der Waals surface area contributed by atoms with Crippen LogP contribution in [0.1, 0.15) is 77.0 Å². The van der Waals surface area contributed by atoms with E-state index in [9.17, 15) is 14.7 Å². The molecule has 1 atom stereocenters. The number of likely N-dealkylation sites (N-methyl/N-ethyl adjacent to an activating group) is 1. The van der Waals surface area contributed by atoms with Crippen LogP contribution >= 0.6 is 0 Å². The van der Waals surface area contributed by atoms with E-state index in [1.807, 2.05) is 30.3 Å². The molecule has 0 aliphatic carbocycles. The highest BCUT2D eigenvalue weighted by Crippen LogP contribution is 2.40. The maximum Gasteiger partial charge on any atom is 0.295 e. The zero-order valence-corrected chi connectivity index (χ0v) is 23.9. The number of amides is 1. The average Bonchev–Trinajstić information content (AvgIpc) is 3.21. The van der Waals surface area contributed by atoms with Gasteiger partial charge in [-0.3, -0.25) is 9.59 Å². The number of hydrogen-bond acceptors (Lipinski definition) is 6. The van der Waals surface area contributed by atoms with Crippen LogP contribution in [0.15, 0.2) is 54.1 Å². The SMILES string of the molecule is CCCCCOc1ccc(C2/C(=C(\O)c3cccc(OCCCC)c3)C(=O)C(=O)N2CCN(CC)CC)cc1. The smallest absolute Gasteiger partial charge is 0.295 e. The summed E-state index contributed by atoms with van der Waals surface area (Å²) in [6, 6.07) is 13.9. The molecular weight excluding hydrogens is 492 g/mol. The molecule has 2 aromatic rings. The van der Waals surface area contributed by atoms with Gasteiger partial charge in [-0.05, 0) is 55.8 Å². The molecule has 0 radical (unpaired) electrons. The molecule has 212 valence electrons. The summed E-state index contributed by atoms with van der Waals surface area (Å²) < 4.78 is 11.7. The molecule has 0 aromatic heterocycles. The van der Waals surface area contributed by atoms with Gasteiger partial charge in [-0.2, -0.15) is 0 Å². The van der Waals surface area contributed by atoms with E-state index >= 15 is 0 Å². The maximum atomic E-state index is 13.4. The van der Waals surface area contributed by atoms with E-state index in [0.717, 1.165) is 56.5 Å². The standard InChI is InChI=1S/C32H44N2O5/c1-5-9-11-22-38-26-17-15-24(16-18-26)29-28(31(36)32(37)34(29)20-19-33(7-3)8-4)30(35)25-13-12-14-27(23-25)39-21-10-6-2/h12-18,23,29,35H,5-11,19-22H2,1-4H3/b30-28+. The van der Waals surface area contributed by atoms with Gasteiger partial charge in [-0.15, -0.1) is 0 Å². The zero-order chi connectivity index (χ0) is 28.2. The lowest BCUT2D eigenvalue weighted by Crippen LogP contribution is -2.38. The number of ether oxygens (including phenoxy) is 2. The minimum atomic E-state index is -0.695. The molecule has 0 bridgehead atoms. The molecule has 1 aliphatic rings. The van der Waals surface area contributed by atoms with Crippen molar-refractivity contribution in [1.82, 2.24) is 9.80 Å². The Bertz CT molecular complexity index is 1110. The minimum Gasteiger partial charge on any atom is -0.507 e. The summed E-state index contributed by atoms with van der Waals surface area (Å²) in [5.74, 6) is -0.0982. The van der Waals surface area contributed by atoms with Crippen molar-refractivity contribution in [3.63, 3.8) is 0 Å². The van der Waals surface area contributed by atoms with Crippen LogP contribution in [0.2, 0.25) is 0 Å². The number of benzene rings is 2. The third-order valence-corrected chi connectivity index (χ3v) is 7.18. The molecule has 0 spiro atoms. The number of unbranched alkanes of at least 4 members (excludes halogenated alkanes) is 3. The third kappa shape index (κ3) is 7.85. The van der Waals surface area contributed by atoms with Crippen LogP contribution in [-0.4, -0.2) is 66.0 Å². The highest BCUT2D eigenvalue weighted by molar-refractivity contribution is 6.46. The van der Waals surface area contributed by atoms with Gasteiger partial charge in [0, 0.05) is 18.7 Å². The first-order valence-corrected chi connectivity index (χ1v) is 14.4. The summed E-state index contributed by atoms with van der Waals surface area (Å²) in [5, 5.41) is 11.4. The van der Waals surface area contributed by atoms with Crippen LogP contribution in [-0.2, 0) is 9.59 Å². The van der Waals surface area contributed by atoms with Gasteiger partial charge in [0.2, 0.25) is 0 Å². The van der Waals surface area contributed by atoms with E-state index in [1.165, 1.54) is 0 Å². The molecule has 3 rings (SSSR count). The molecule has 1 fully saturated rings. The number of carbonyl (C=O) groups is 2. The van der Waals surface area contributed by atoms with Crippen molar-refractivity contribution in [3.8, 4) is 11.5 Å². The Morgan fingerprint density at radius 3 is 2.21 bits per heavy atom. The Morgan fingerprint density at radius 1 is 0.872 bits per heavy atom. The van der Waals surface area contributed by atoms with Crippen molar-refractivity contribution in [2.24, 2.45) is 0 Å². The van der Waals surface area contributed by atoms with Crippen molar-refractivity contribution >= 4 is 17.4 Å². The van der Waals surface area contributed by atoms with Crippen molar-refractivity contribution in [1.29, 1.82) is 0 Å². The largest absolute Gasteiger partial charge is 0.507 e. The zero-order valence-electron chi connectivity index (χ0n) is 23.9. The number of likely N-dealkylation sites (tertiary alicyclic amines) is 1. The molecule has 7 heteroatoms. The van der Waals surface area contributed by atoms with Crippen LogP contribution in [0.3, 0.4) is 0 Å². The van der Waals surface area contributed by atoms with Crippen LogP contribution in [0.5, 0.6) is 11.5 Å². The average molecular weight is 537 g/mol. The number of aliphatic hydroxyl groups excluding tert-OH is 1. The molecule has 0 saturated carbocycles. The Hall–Kier alpha value is -3.32. The number of rotatable bonds is 16. The lowest BCUT2D eigenvalue weighted by Gasteiger charge is -2.28. The van der Waals surface area contributed by atoms with E-state index in [1.54, 1.807) is 23.1 Å². The fourth-order valence-electron chi connectivity index (χ4n) is 4.76. The molecule has 1 heterocycles. The summed E-state index contributed by atoms with van der Waals surface area (Å²) in [6.45, 7) is 12.3. The molecule has 39 heavy (non-hydrogen) atoms. The second kappa shape index (κ2) is 15.3. The lowest BCUT2D eigenvalue weighted by molar-refractivity contribution is -0.140.